The number of hydrogen-bond acceptors (Lipinski definition) is 4. The molecule has 0 bridgehead atoms. The summed E-state index contributed by atoms with van der Waals surface area (Å²) in [7, 11) is 0. The molecule has 0 amide bonds. The van der Waals surface area contributed by atoms with E-state index in [0.717, 1.165) is 44.2 Å². The van der Waals surface area contributed by atoms with Gasteiger partial charge < -0.3 is 15.0 Å². The van der Waals surface area contributed by atoms with E-state index < -0.39 is 0 Å². The second-order valence-corrected chi connectivity index (χ2v) is 12.3. The summed E-state index contributed by atoms with van der Waals surface area (Å²) in [5.74, 6) is 1.11. The van der Waals surface area contributed by atoms with Crippen molar-refractivity contribution in [2.24, 2.45) is 0 Å². The van der Waals surface area contributed by atoms with E-state index in [4.69, 9.17) is 9.72 Å². The Bertz CT molecular complexity index is 981. The lowest BCUT2D eigenvalue weighted by atomic mass is 9.63. The van der Waals surface area contributed by atoms with Crippen molar-refractivity contribution in [1.29, 1.82) is 0 Å². The SMILES string of the molecule is CC(C)OCCCCNC1CCCN(c2cccc(-c3ccc4c(c3)C(C)(C)CCC4(C)C)n2)C1. The number of piperidine rings is 1. The van der Waals surface area contributed by atoms with E-state index in [1.165, 1.54) is 48.8 Å². The molecule has 1 atom stereocenters. The van der Waals surface area contributed by atoms with E-state index in [2.05, 4.69) is 88.2 Å². The number of unbranched alkanes of at least 4 members (excludes halogenated alkanes) is 1. The molecule has 1 aliphatic heterocycles. The molecule has 0 spiro atoms. The highest BCUT2D eigenvalue weighted by Gasteiger charge is 2.37. The van der Waals surface area contributed by atoms with E-state index in [9.17, 15) is 0 Å². The zero-order valence-corrected chi connectivity index (χ0v) is 23.0. The van der Waals surface area contributed by atoms with Gasteiger partial charge in [-0.15, -0.1) is 0 Å². The second-order valence-electron chi connectivity index (χ2n) is 12.3. The van der Waals surface area contributed by atoms with Crippen molar-refractivity contribution in [2.45, 2.75) is 103 Å². The van der Waals surface area contributed by atoms with Crippen LogP contribution in [0.5, 0.6) is 0 Å². The maximum absolute atomic E-state index is 5.66. The van der Waals surface area contributed by atoms with Crippen LogP contribution in [0, 0.1) is 0 Å². The summed E-state index contributed by atoms with van der Waals surface area (Å²) in [6.07, 6.45) is 7.56. The van der Waals surface area contributed by atoms with E-state index in [1.807, 2.05) is 0 Å². The molecule has 1 aromatic carbocycles. The number of nitrogens with one attached hydrogen (secondary N) is 1. The highest BCUT2D eigenvalue weighted by atomic mass is 16.5. The number of nitrogens with zero attached hydrogens (tertiary/aromatic N) is 2. The number of hydrogen-bond donors (Lipinski definition) is 1. The Balaban J connectivity index is 1.42. The third-order valence-electron chi connectivity index (χ3n) is 8.08. The van der Waals surface area contributed by atoms with Crippen LogP contribution in [0.25, 0.3) is 11.3 Å². The lowest BCUT2D eigenvalue weighted by molar-refractivity contribution is 0.0759. The highest BCUT2D eigenvalue weighted by Crippen LogP contribution is 2.46. The molecule has 1 aliphatic carbocycles. The maximum Gasteiger partial charge on any atom is 0.129 e. The van der Waals surface area contributed by atoms with Gasteiger partial charge in [0.25, 0.3) is 0 Å². The summed E-state index contributed by atoms with van der Waals surface area (Å²) < 4.78 is 5.66. The van der Waals surface area contributed by atoms with Crippen LogP contribution in [0.1, 0.15) is 91.2 Å². The molecular formula is C31H47N3O. The van der Waals surface area contributed by atoms with Crippen LogP contribution in [-0.2, 0) is 15.6 Å². The summed E-state index contributed by atoms with van der Waals surface area (Å²) in [6.45, 7) is 17.8. The van der Waals surface area contributed by atoms with Crippen molar-refractivity contribution in [2.75, 3.05) is 31.1 Å². The average molecular weight is 478 g/mol. The number of benzene rings is 1. The minimum Gasteiger partial charge on any atom is -0.379 e. The third-order valence-corrected chi connectivity index (χ3v) is 8.08. The number of pyridine rings is 1. The van der Waals surface area contributed by atoms with Gasteiger partial charge in [-0.25, -0.2) is 4.98 Å². The maximum atomic E-state index is 5.66. The Hall–Kier alpha value is -1.91. The fraction of sp³-hybridized carbons (Fsp3) is 0.645. The predicted octanol–water partition coefficient (Wildman–Crippen LogP) is 6.86. The van der Waals surface area contributed by atoms with Gasteiger partial charge in [0.2, 0.25) is 0 Å². The number of rotatable bonds is 9. The Morgan fingerprint density at radius 1 is 1.03 bits per heavy atom. The van der Waals surface area contributed by atoms with Crippen LogP contribution in [0.4, 0.5) is 5.82 Å². The Morgan fingerprint density at radius 3 is 2.57 bits per heavy atom. The summed E-state index contributed by atoms with van der Waals surface area (Å²) in [5.41, 5.74) is 5.80. The molecular weight excluding hydrogens is 430 g/mol. The Morgan fingerprint density at radius 2 is 1.80 bits per heavy atom. The van der Waals surface area contributed by atoms with Crippen molar-refractivity contribution in [1.82, 2.24) is 10.3 Å². The molecule has 4 nitrogen and oxygen atoms in total. The lowest BCUT2D eigenvalue weighted by Gasteiger charge is -2.42. The van der Waals surface area contributed by atoms with Gasteiger partial charge in [0.05, 0.1) is 11.8 Å². The van der Waals surface area contributed by atoms with Gasteiger partial charge in [-0.1, -0.05) is 45.9 Å². The van der Waals surface area contributed by atoms with Crippen molar-refractivity contribution >= 4 is 5.82 Å². The minimum atomic E-state index is 0.213. The van der Waals surface area contributed by atoms with Crippen LogP contribution in [0.2, 0.25) is 0 Å². The molecule has 1 saturated heterocycles. The van der Waals surface area contributed by atoms with Crippen LogP contribution in [-0.4, -0.2) is 43.4 Å². The van der Waals surface area contributed by atoms with Crippen molar-refractivity contribution in [3.63, 3.8) is 0 Å². The largest absolute Gasteiger partial charge is 0.379 e. The molecule has 1 N–H and O–H groups in total. The molecule has 2 aromatic rings. The molecule has 1 aromatic heterocycles. The first-order chi connectivity index (χ1) is 16.7. The average Bonchev–Trinajstić information content (AvgIpc) is 2.84. The highest BCUT2D eigenvalue weighted by molar-refractivity contribution is 5.65. The molecule has 2 heterocycles. The van der Waals surface area contributed by atoms with E-state index in [0.29, 0.717) is 12.1 Å². The molecule has 192 valence electrons. The predicted molar refractivity (Wildman–Crippen MR) is 149 cm³/mol. The molecule has 2 aliphatic rings. The second kappa shape index (κ2) is 11.0. The summed E-state index contributed by atoms with van der Waals surface area (Å²) in [4.78, 5) is 7.62. The van der Waals surface area contributed by atoms with Gasteiger partial charge in [0.15, 0.2) is 0 Å². The zero-order valence-electron chi connectivity index (χ0n) is 23.0. The Labute approximate surface area is 213 Å². The molecule has 4 heteroatoms. The van der Waals surface area contributed by atoms with Crippen LogP contribution in [0.15, 0.2) is 36.4 Å². The van der Waals surface area contributed by atoms with Gasteiger partial charge in [0, 0.05) is 31.3 Å². The first kappa shape index (κ1) is 26.2. The molecule has 0 saturated carbocycles. The van der Waals surface area contributed by atoms with E-state index >= 15 is 0 Å². The quantitative estimate of drug-likeness (QED) is 0.400. The van der Waals surface area contributed by atoms with Gasteiger partial charge in [0.1, 0.15) is 5.82 Å². The molecule has 4 rings (SSSR count). The minimum absolute atomic E-state index is 0.213. The molecule has 1 unspecified atom stereocenters. The fourth-order valence-electron chi connectivity index (χ4n) is 5.71. The smallest absolute Gasteiger partial charge is 0.129 e. The van der Waals surface area contributed by atoms with Gasteiger partial charge >= 0.3 is 0 Å². The monoisotopic (exact) mass is 477 g/mol. The third kappa shape index (κ3) is 6.46. The fourth-order valence-corrected chi connectivity index (χ4v) is 5.71. The van der Waals surface area contributed by atoms with Crippen LogP contribution >= 0.6 is 0 Å². The van der Waals surface area contributed by atoms with Crippen LogP contribution in [0.3, 0.4) is 0 Å². The van der Waals surface area contributed by atoms with Crippen molar-refractivity contribution < 1.29 is 4.74 Å². The normalized spacial score (nSPS) is 21.2. The summed E-state index contributed by atoms with van der Waals surface area (Å²) >= 11 is 0. The number of anilines is 1. The number of fused-ring (bicyclic) bond motifs is 1. The van der Waals surface area contributed by atoms with Crippen molar-refractivity contribution in [3.05, 3.63) is 47.5 Å². The first-order valence-corrected chi connectivity index (χ1v) is 13.9. The van der Waals surface area contributed by atoms with Crippen LogP contribution < -0.4 is 10.2 Å². The molecule has 1 fully saturated rings. The summed E-state index contributed by atoms with van der Waals surface area (Å²) in [6, 6.07) is 14.1. The van der Waals surface area contributed by atoms with Crippen molar-refractivity contribution in [3.8, 4) is 11.3 Å². The van der Waals surface area contributed by atoms with E-state index in [-0.39, 0.29) is 10.8 Å². The molecule has 35 heavy (non-hydrogen) atoms. The lowest BCUT2D eigenvalue weighted by Crippen LogP contribution is -2.46. The van der Waals surface area contributed by atoms with Gasteiger partial charge in [-0.05, 0) is 99.1 Å². The topological polar surface area (TPSA) is 37.4 Å². The van der Waals surface area contributed by atoms with Gasteiger partial charge in [-0.2, -0.15) is 0 Å². The Kier molecular flexibility index (Phi) is 8.23. The number of aromatic nitrogens is 1. The zero-order chi connectivity index (χ0) is 25.1. The molecule has 0 radical (unpaired) electrons. The number of ether oxygens (including phenoxy) is 1. The van der Waals surface area contributed by atoms with E-state index in [1.54, 1.807) is 0 Å². The van der Waals surface area contributed by atoms with Gasteiger partial charge in [-0.3, -0.25) is 0 Å². The standard InChI is InChI=1S/C31H47N3O/c1-23(2)35-20-8-7-18-32-25-11-10-19-34(22-25)29-13-9-12-28(33-29)24-14-15-26-27(21-24)31(5,6)17-16-30(26,3)4/h9,12-15,21,23,25,32H,7-8,10-11,16-20,22H2,1-6H3. The summed E-state index contributed by atoms with van der Waals surface area (Å²) in [5, 5.41) is 3.78. The first-order valence-electron chi connectivity index (χ1n) is 13.9.